The van der Waals surface area contributed by atoms with Gasteiger partial charge in [0.2, 0.25) is 0 Å². The quantitative estimate of drug-likeness (QED) is 0.834. The average molecular weight is 240 g/mol. The van der Waals surface area contributed by atoms with Gasteiger partial charge in [0.1, 0.15) is 0 Å². The van der Waals surface area contributed by atoms with Crippen LogP contribution in [-0.4, -0.2) is 19.0 Å². The molecule has 94 valence electrons. The monoisotopic (exact) mass is 240 g/mol. The lowest BCUT2D eigenvalue weighted by atomic mass is 9.97. The van der Waals surface area contributed by atoms with Crippen LogP contribution in [0.3, 0.4) is 0 Å². The van der Waals surface area contributed by atoms with Crippen LogP contribution in [0.5, 0.6) is 0 Å². The highest BCUT2D eigenvalue weighted by Gasteiger charge is 2.08. The van der Waals surface area contributed by atoms with E-state index in [2.05, 4.69) is 62.3 Å². The normalized spacial score (nSPS) is 10.9. The third-order valence-electron chi connectivity index (χ3n) is 3.00. The van der Waals surface area contributed by atoms with Gasteiger partial charge in [-0.3, -0.25) is 0 Å². The van der Waals surface area contributed by atoms with Crippen LogP contribution in [0.4, 0.5) is 5.69 Å². The van der Waals surface area contributed by atoms with Crippen LogP contribution in [0.15, 0.2) is 42.5 Å². The minimum absolute atomic E-state index is 0.848. The SMILES string of the molecule is Cc1ccc(-c2ccccc2CN(C)C)c(N)c1. The van der Waals surface area contributed by atoms with E-state index in [1.807, 2.05) is 6.07 Å². The minimum atomic E-state index is 0.848. The molecule has 0 saturated carbocycles. The standard InChI is InChI=1S/C16H20N2/c1-12-8-9-15(16(17)10-12)14-7-5-4-6-13(14)11-18(2)3/h4-10H,11,17H2,1-3H3. The van der Waals surface area contributed by atoms with Crippen LogP contribution in [-0.2, 0) is 6.54 Å². The molecular weight excluding hydrogens is 220 g/mol. The van der Waals surface area contributed by atoms with Crippen molar-refractivity contribution in [2.75, 3.05) is 19.8 Å². The van der Waals surface area contributed by atoms with Crippen LogP contribution >= 0.6 is 0 Å². The summed E-state index contributed by atoms with van der Waals surface area (Å²) in [5, 5.41) is 0. The first-order valence-corrected chi connectivity index (χ1v) is 6.17. The molecule has 0 bridgehead atoms. The van der Waals surface area contributed by atoms with Gasteiger partial charge in [0.25, 0.3) is 0 Å². The van der Waals surface area contributed by atoms with Crippen LogP contribution < -0.4 is 5.73 Å². The molecule has 0 aliphatic rings. The van der Waals surface area contributed by atoms with Crippen molar-refractivity contribution >= 4 is 5.69 Å². The second kappa shape index (κ2) is 5.23. The first kappa shape index (κ1) is 12.7. The molecule has 0 aliphatic heterocycles. The first-order chi connectivity index (χ1) is 8.58. The van der Waals surface area contributed by atoms with Crippen molar-refractivity contribution in [2.45, 2.75) is 13.5 Å². The van der Waals surface area contributed by atoms with E-state index in [1.54, 1.807) is 0 Å². The maximum atomic E-state index is 6.14. The molecule has 18 heavy (non-hydrogen) atoms. The van der Waals surface area contributed by atoms with Gasteiger partial charge in [-0.25, -0.2) is 0 Å². The van der Waals surface area contributed by atoms with Crippen LogP contribution in [0.1, 0.15) is 11.1 Å². The predicted octanol–water partition coefficient (Wildman–Crippen LogP) is 3.31. The number of anilines is 1. The van der Waals surface area contributed by atoms with Crippen molar-refractivity contribution in [3.05, 3.63) is 53.6 Å². The predicted molar refractivity (Wildman–Crippen MR) is 78.4 cm³/mol. The van der Waals surface area contributed by atoms with Crippen molar-refractivity contribution in [2.24, 2.45) is 0 Å². The fourth-order valence-corrected chi connectivity index (χ4v) is 2.19. The number of nitrogens with two attached hydrogens (primary N) is 1. The molecule has 0 atom stereocenters. The fourth-order valence-electron chi connectivity index (χ4n) is 2.19. The Morgan fingerprint density at radius 1 is 1.00 bits per heavy atom. The minimum Gasteiger partial charge on any atom is -0.398 e. The summed E-state index contributed by atoms with van der Waals surface area (Å²) in [6, 6.07) is 14.7. The lowest BCUT2D eigenvalue weighted by Crippen LogP contribution is -2.11. The number of benzene rings is 2. The molecule has 2 rings (SSSR count). The summed E-state index contributed by atoms with van der Waals surface area (Å²) in [5.74, 6) is 0. The highest BCUT2D eigenvalue weighted by Crippen LogP contribution is 2.30. The Labute approximate surface area is 109 Å². The zero-order chi connectivity index (χ0) is 13.1. The topological polar surface area (TPSA) is 29.3 Å². The van der Waals surface area contributed by atoms with Gasteiger partial charge in [0, 0.05) is 17.8 Å². The molecule has 0 amide bonds. The lowest BCUT2D eigenvalue weighted by molar-refractivity contribution is 0.403. The Bertz CT molecular complexity index is 545. The van der Waals surface area contributed by atoms with E-state index in [9.17, 15) is 0 Å². The molecule has 0 aliphatic carbocycles. The van der Waals surface area contributed by atoms with Gasteiger partial charge in [0.15, 0.2) is 0 Å². The van der Waals surface area contributed by atoms with Gasteiger partial charge in [-0.05, 0) is 43.8 Å². The second-order valence-corrected chi connectivity index (χ2v) is 4.99. The Morgan fingerprint density at radius 2 is 1.72 bits per heavy atom. The van der Waals surface area contributed by atoms with Gasteiger partial charge < -0.3 is 10.6 Å². The third kappa shape index (κ3) is 2.71. The van der Waals surface area contributed by atoms with Gasteiger partial charge >= 0.3 is 0 Å². The van der Waals surface area contributed by atoms with Gasteiger partial charge in [-0.2, -0.15) is 0 Å². The summed E-state index contributed by atoms with van der Waals surface area (Å²) in [6.45, 7) is 2.98. The molecular formula is C16H20N2. The summed E-state index contributed by atoms with van der Waals surface area (Å²) >= 11 is 0. The van der Waals surface area contributed by atoms with Crippen molar-refractivity contribution in [3.8, 4) is 11.1 Å². The van der Waals surface area contributed by atoms with Gasteiger partial charge in [-0.1, -0.05) is 36.4 Å². The summed E-state index contributed by atoms with van der Waals surface area (Å²) in [6.07, 6.45) is 0. The molecule has 2 heteroatoms. The number of hydrogen-bond acceptors (Lipinski definition) is 2. The maximum absolute atomic E-state index is 6.14. The third-order valence-corrected chi connectivity index (χ3v) is 3.00. The van der Waals surface area contributed by atoms with Crippen molar-refractivity contribution in [1.82, 2.24) is 4.90 Å². The molecule has 2 N–H and O–H groups in total. The van der Waals surface area contributed by atoms with Crippen LogP contribution in [0.25, 0.3) is 11.1 Å². The van der Waals surface area contributed by atoms with Crippen molar-refractivity contribution < 1.29 is 0 Å². The summed E-state index contributed by atoms with van der Waals surface area (Å²) in [4.78, 5) is 2.17. The van der Waals surface area contributed by atoms with Crippen LogP contribution in [0.2, 0.25) is 0 Å². The smallest absolute Gasteiger partial charge is 0.0396 e. The zero-order valence-corrected chi connectivity index (χ0v) is 11.3. The van der Waals surface area contributed by atoms with E-state index in [1.165, 1.54) is 16.7 Å². The molecule has 0 fully saturated rings. The Morgan fingerprint density at radius 3 is 2.39 bits per heavy atom. The molecule has 0 spiro atoms. The number of rotatable bonds is 3. The van der Waals surface area contributed by atoms with Gasteiger partial charge in [0.05, 0.1) is 0 Å². The number of nitrogen functional groups attached to an aromatic ring is 1. The van der Waals surface area contributed by atoms with Crippen molar-refractivity contribution in [1.29, 1.82) is 0 Å². The lowest BCUT2D eigenvalue weighted by Gasteiger charge is -2.15. The van der Waals surface area contributed by atoms with E-state index in [-0.39, 0.29) is 0 Å². The number of nitrogens with zero attached hydrogens (tertiary/aromatic N) is 1. The van der Waals surface area contributed by atoms with E-state index in [0.29, 0.717) is 0 Å². The molecule has 2 aromatic carbocycles. The molecule has 2 nitrogen and oxygen atoms in total. The largest absolute Gasteiger partial charge is 0.398 e. The summed E-state index contributed by atoms with van der Waals surface area (Å²) in [5.41, 5.74) is 11.8. The Hall–Kier alpha value is -1.80. The van der Waals surface area contributed by atoms with E-state index in [4.69, 9.17) is 5.73 Å². The molecule has 2 aromatic rings. The number of aryl methyl sites for hydroxylation is 1. The average Bonchev–Trinajstić information content (AvgIpc) is 2.30. The Balaban J connectivity index is 2.49. The van der Waals surface area contributed by atoms with Crippen molar-refractivity contribution in [3.63, 3.8) is 0 Å². The summed E-state index contributed by atoms with van der Waals surface area (Å²) in [7, 11) is 4.16. The highest BCUT2D eigenvalue weighted by molar-refractivity contribution is 5.78. The first-order valence-electron chi connectivity index (χ1n) is 6.17. The molecule has 0 heterocycles. The highest BCUT2D eigenvalue weighted by atomic mass is 15.0. The van der Waals surface area contributed by atoms with E-state index in [0.717, 1.165) is 17.8 Å². The maximum Gasteiger partial charge on any atom is 0.0396 e. The molecule has 0 radical (unpaired) electrons. The molecule has 0 saturated heterocycles. The second-order valence-electron chi connectivity index (χ2n) is 4.99. The zero-order valence-electron chi connectivity index (χ0n) is 11.3. The molecule has 0 aromatic heterocycles. The molecule has 0 unspecified atom stereocenters. The van der Waals surface area contributed by atoms with Crippen LogP contribution in [0, 0.1) is 6.92 Å². The Kier molecular flexibility index (Phi) is 3.68. The number of hydrogen-bond donors (Lipinski definition) is 1. The van der Waals surface area contributed by atoms with Gasteiger partial charge in [-0.15, -0.1) is 0 Å². The summed E-state index contributed by atoms with van der Waals surface area (Å²) < 4.78 is 0. The van der Waals surface area contributed by atoms with E-state index >= 15 is 0 Å². The fraction of sp³-hybridized carbons (Fsp3) is 0.250. The van der Waals surface area contributed by atoms with E-state index < -0.39 is 0 Å².